The highest BCUT2D eigenvalue weighted by Crippen LogP contribution is 2.61. The molecule has 0 saturated heterocycles. The maximum atomic E-state index is 12.0. The molecule has 0 spiro atoms. The Labute approximate surface area is 118 Å². The molecule has 0 aliphatic heterocycles. The van der Waals surface area contributed by atoms with E-state index in [1.165, 1.54) is 25.7 Å². The van der Waals surface area contributed by atoms with Gasteiger partial charge in [-0.25, -0.2) is 9.78 Å². The van der Waals surface area contributed by atoms with Crippen molar-refractivity contribution in [3.05, 3.63) is 17.3 Å². The van der Waals surface area contributed by atoms with Gasteiger partial charge in [0.2, 0.25) is 5.76 Å². The van der Waals surface area contributed by atoms with Crippen LogP contribution in [0.2, 0.25) is 0 Å². The number of hydrogen-bond donors (Lipinski definition) is 0. The SMILES string of the molecule is CCOC(=O)c1oc(C2C3CCCCC32)nc1C1CC1. The lowest BCUT2D eigenvalue weighted by Crippen LogP contribution is -2.05. The summed E-state index contributed by atoms with van der Waals surface area (Å²) >= 11 is 0. The third kappa shape index (κ3) is 1.97. The first kappa shape index (κ1) is 12.4. The Morgan fingerprint density at radius 1 is 1.25 bits per heavy atom. The lowest BCUT2D eigenvalue weighted by atomic mass is 10.0. The maximum Gasteiger partial charge on any atom is 0.376 e. The Hall–Kier alpha value is -1.32. The van der Waals surface area contributed by atoms with E-state index in [2.05, 4.69) is 0 Å². The Morgan fingerprint density at radius 2 is 1.95 bits per heavy atom. The first-order chi connectivity index (χ1) is 9.79. The minimum atomic E-state index is -0.336. The highest BCUT2D eigenvalue weighted by molar-refractivity contribution is 5.87. The minimum absolute atomic E-state index is 0.336. The molecule has 0 amide bonds. The Morgan fingerprint density at radius 3 is 2.55 bits per heavy atom. The summed E-state index contributed by atoms with van der Waals surface area (Å²) in [5.41, 5.74) is 0.863. The normalized spacial score (nSPS) is 31.8. The molecule has 0 N–H and O–H groups in total. The van der Waals surface area contributed by atoms with Crippen molar-refractivity contribution in [2.75, 3.05) is 6.61 Å². The Balaban J connectivity index is 1.61. The molecule has 0 bridgehead atoms. The van der Waals surface area contributed by atoms with Gasteiger partial charge in [0.25, 0.3) is 0 Å². The number of ether oxygens (including phenoxy) is 1. The molecular weight excluding hydrogens is 254 g/mol. The van der Waals surface area contributed by atoms with E-state index >= 15 is 0 Å². The number of carbonyl (C=O) groups is 1. The van der Waals surface area contributed by atoms with Crippen LogP contribution in [-0.2, 0) is 4.74 Å². The van der Waals surface area contributed by atoms with E-state index in [9.17, 15) is 4.79 Å². The maximum absolute atomic E-state index is 12.0. The molecule has 4 rings (SSSR count). The van der Waals surface area contributed by atoms with Gasteiger partial charge in [0.1, 0.15) is 0 Å². The monoisotopic (exact) mass is 275 g/mol. The van der Waals surface area contributed by atoms with Crippen molar-refractivity contribution >= 4 is 5.97 Å². The molecule has 4 heteroatoms. The van der Waals surface area contributed by atoms with Crippen molar-refractivity contribution < 1.29 is 13.9 Å². The smallest absolute Gasteiger partial charge is 0.376 e. The van der Waals surface area contributed by atoms with E-state index in [1.54, 1.807) is 0 Å². The number of carbonyl (C=O) groups excluding carboxylic acids is 1. The second-order valence-corrected chi connectivity index (χ2v) is 6.40. The van der Waals surface area contributed by atoms with Crippen LogP contribution in [0.1, 0.15) is 79.4 Å². The third-order valence-electron chi connectivity index (χ3n) is 5.04. The van der Waals surface area contributed by atoms with Crippen molar-refractivity contribution in [3.8, 4) is 0 Å². The van der Waals surface area contributed by atoms with Crippen LogP contribution in [0.4, 0.5) is 0 Å². The van der Waals surface area contributed by atoms with Crippen LogP contribution in [-0.4, -0.2) is 17.6 Å². The third-order valence-corrected chi connectivity index (χ3v) is 5.04. The van der Waals surface area contributed by atoms with Crippen LogP contribution in [0, 0.1) is 11.8 Å². The number of fused-ring (bicyclic) bond motifs is 1. The number of hydrogen-bond acceptors (Lipinski definition) is 4. The molecule has 3 aliphatic carbocycles. The van der Waals surface area contributed by atoms with Gasteiger partial charge in [0, 0.05) is 11.8 Å². The topological polar surface area (TPSA) is 52.3 Å². The summed E-state index contributed by atoms with van der Waals surface area (Å²) in [6.45, 7) is 2.20. The largest absolute Gasteiger partial charge is 0.460 e. The quantitative estimate of drug-likeness (QED) is 0.787. The fourth-order valence-electron chi connectivity index (χ4n) is 3.83. The first-order valence-corrected chi connectivity index (χ1v) is 7.97. The lowest BCUT2D eigenvalue weighted by molar-refractivity contribution is 0.0486. The van der Waals surface area contributed by atoms with Gasteiger partial charge in [0.05, 0.1) is 12.3 Å². The molecule has 4 nitrogen and oxygen atoms in total. The summed E-state index contributed by atoms with van der Waals surface area (Å²) in [7, 11) is 0. The summed E-state index contributed by atoms with van der Waals surface area (Å²) in [5, 5.41) is 0. The molecule has 1 heterocycles. The Bertz CT molecular complexity index is 520. The summed E-state index contributed by atoms with van der Waals surface area (Å²) < 4.78 is 11.0. The molecule has 3 fully saturated rings. The van der Waals surface area contributed by atoms with Gasteiger partial charge < -0.3 is 9.15 Å². The van der Waals surface area contributed by atoms with Gasteiger partial charge in [-0.1, -0.05) is 12.8 Å². The van der Waals surface area contributed by atoms with Crippen molar-refractivity contribution in [1.82, 2.24) is 4.98 Å². The highest BCUT2D eigenvalue weighted by atomic mass is 16.5. The summed E-state index contributed by atoms with van der Waals surface area (Å²) in [4.78, 5) is 16.7. The molecule has 3 aliphatic rings. The van der Waals surface area contributed by atoms with E-state index < -0.39 is 0 Å². The summed E-state index contributed by atoms with van der Waals surface area (Å²) in [6.07, 6.45) is 7.50. The zero-order chi connectivity index (χ0) is 13.7. The fourth-order valence-corrected chi connectivity index (χ4v) is 3.83. The zero-order valence-corrected chi connectivity index (χ0v) is 11.9. The number of esters is 1. The summed E-state index contributed by atoms with van der Waals surface area (Å²) in [5.74, 6) is 3.26. The van der Waals surface area contributed by atoms with Crippen LogP contribution in [0.5, 0.6) is 0 Å². The van der Waals surface area contributed by atoms with Crippen LogP contribution in [0.3, 0.4) is 0 Å². The molecule has 108 valence electrons. The molecule has 1 aromatic heterocycles. The summed E-state index contributed by atoms with van der Waals surface area (Å²) in [6, 6.07) is 0. The van der Waals surface area contributed by atoms with Gasteiger partial charge in [-0.2, -0.15) is 0 Å². The van der Waals surface area contributed by atoms with Crippen molar-refractivity contribution in [3.63, 3.8) is 0 Å². The molecular formula is C16H21NO3. The van der Waals surface area contributed by atoms with Gasteiger partial charge in [-0.05, 0) is 44.4 Å². The average Bonchev–Trinajstić information content (AvgIpc) is 3.37. The Kier molecular flexibility index (Phi) is 2.86. The minimum Gasteiger partial charge on any atom is -0.460 e. The van der Waals surface area contributed by atoms with E-state index in [1.807, 2.05) is 6.92 Å². The number of aromatic nitrogens is 1. The lowest BCUT2D eigenvalue weighted by Gasteiger charge is -2.04. The molecule has 2 unspecified atom stereocenters. The molecule has 2 atom stereocenters. The van der Waals surface area contributed by atoms with E-state index in [-0.39, 0.29) is 5.97 Å². The molecule has 20 heavy (non-hydrogen) atoms. The second-order valence-electron chi connectivity index (χ2n) is 6.40. The second kappa shape index (κ2) is 4.61. The average molecular weight is 275 g/mol. The number of rotatable bonds is 4. The van der Waals surface area contributed by atoms with Gasteiger partial charge in [0.15, 0.2) is 5.89 Å². The van der Waals surface area contributed by atoms with Crippen LogP contribution in [0.15, 0.2) is 4.42 Å². The molecule has 1 aromatic rings. The number of nitrogens with zero attached hydrogens (tertiary/aromatic N) is 1. The zero-order valence-electron chi connectivity index (χ0n) is 11.9. The van der Waals surface area contributed by atoms with E-state index in [0.29, 0.717) is 24.2 Å². The van der Waals surface area contributed by atoms with Gasteiger partial charge >= 0.3 is 5.97 Å². The van der Waals surface area contributed by atoms with Crippen LogP contribution >= 0.6 is 0 Å². The van der Waals surface area contributed by atoms with Crippen molar-refractivity contribution in [2.24, 2.45) is 11.8 Å². The number of oxazole rings is 1. The standard InChI is InChI=1S/C16H21NO3/c1-2-19-16(18)14-13(9-7-8-9)17-15(20-14)12-10-5-3-4-6-11(10)12/h9-12H,2-8H2,1H3. The van der Waals surface area contributed by atoms with Crippen molar-refractivity contribution in [1.29, 1.82) is 0 Å². The van der Waals surface area contributed by atoms with E-state index in [0.717, 1.165) is 36.3 Å². The highest BCUT2D eigenvalue weighted by Gasteiger charge is 2.54. The van der Waals surface area contributed by atoms with Crippen LogP contribution < -0.4 is 0 Å². The first-order valence-electron chi connectivity index (χ1n) is 7.97. The van der Waals surface area contributed by atoms with Crippen LogP contribution in [0.25, 0.3) is 0 Å². The molecule has 3 saturated carbocycles. The van der Waals surface area contributed by atoms with Crippen molar-refractivity contribution in [2.45, 2.75) is 57.3 Å². The van der Waals surface area contributed by atoms with Gasteiger partial charge in [-0.3, -0.25) is 0 Å². The van der Waals surface area contributed by atoms with E-state index in [4.69, 9.17) is 14.1 Å². The predicted molar refractivity (Wildman–Crippen MR) is 72.6 cm³/mol. The fraction of sp³-hybridized carbons (Fsp3) is 0.750. The predicted octanol–water partition coefficient (Wildman–Crippen LogP) is 3.63. The molecule has 0 radical (unpaired) electrons. The molecule has 0 aromatic carbocycles. The van der Waals surface area contributed by atoms with Gasteiger partial charge in [-0.15, -0.1) is 0 Å².